The number of benzene rings is 4. The Bertz CT molecular complexity index is 1530. The molecule has 7 nitrogen and oxygen atoms in total. The number of piperazine rings is 1. The number of para-hydroxylation sites is 1. The van der Waals surface area contributed by atoms with Crippen LogP contribution in [0, 0.1) is 0 Å². The van der Waals surface area contributed by atoms with Gasteiger partial charge in [-0.2, -0.15) is 0 Å². The predicted octanol–water partition coefficient (Wildman–Crippen LogP) is 7.32. The van der Waals surface area contributed by atoms with Crippen LogP contribution in [-0.4, -0.2) is 59.5 Å². The zero-order chi connectivity index (χ0) is 32.1. The van der Waals surface area contributed by atoms with E-state index in [1.54, 1.807) is 36.4 Å². The van der Waals surface area contributed by atoms with Crippen molar-refractivity contribution in [2.75, 3.05) is 38.1 Å². The Morgan fingerprint density at radius 3 is 2.00 bits per heavy atom. The molecule has 2 N–H and O–H groups in total. The van der Waals surface area contributed by atoms with Crippen LogP contribution >= 0.6 is 12.2 Å². The number of unbranched alkanes of at least 4 members (excludes halogenated alkanes) is 3. The largest absolute Gasteiger partial charge is 0.494 e. The minimum Gasteiger partial charge on any atom is -0.494 e. The molecule has 238 valence electrons. The zero-order valence-electron chi connectivity index (χ0n) is 26.4. The van der Waals surface area contributed by atoms with Gasteiger partial charge in [-0.25, -0.2) is 0 Å². The van der Waals surface area contributed by atoms with Gasteiger partial charge in [-0.15, -0.1) is 0 Å². The quantitative estimate of drug-likeness (QED) is 0.126. The molecule has 0 aliphatic carbocycles. The van der Waals surface area contributed by atoms with E-state index < -0.39 is 0 Å². The number of ether oxygens (including phenoxy) is 1. The van der Waals surface area contributed by atoms with Gasteiger partial charge in [-0.1, -0.05) is 99.0 Å². The lowest BCUT2D eigenvalue weighted by Crippen LogP contribution is -2.50. The van der Waals surface area contributed by atoms with Gasteiger partial charge in [-0.3, -0.25) is 19.8 Å². The third-order valence-electron chi connectivity index (χ3n) is 8.21. The first-order valence-electron chi connectivity index (χ1n) is 16.1. The van der Waals surface area contributed by atoms with Crippen molar-refractivity contribution in [3.8, 4) is 5.75 Å². The molecule has 0 aromatic heterocycles. The summed E-state index contributed by atoms with van der Waals surface area (Å²) in [5, 5.41) is 5.93. The van der Waals surface area contributed by atoms with Crippen molar-refractivity contribution in [1.82, 2.24) is 15.1 Å². The SMILES string of the molecule is CCCCCCOc1ccc(C(=O)NC(=S)Nc2ccccc2C(=O)N2CCN(C(c3ccccc3)c3ccccc3)CC2)cc1. The second-order valence-corrected chi connectivity index (χ2v) is 11.8. The van der Waals surface area contributed by atoms with Crippen molar-refractivity contribution >= 4 is 34.8 Å². The molecule has 1 fully saturated rings. The normalized spacial score (nSPS) is 13.3. The summed E-state index contributed by atoms with van der Waals surface area (Å²) in [5.41, 5.74) is 4.00. The predicted molar refractivity (Wildman–Crippen MR) is 188 cm³/mol. The van der Waals surface area contributed by atoms with Crippen LogP contribution in [0.25, 0.3) is 0 Å². The summed E-state index contributed by atoms with van der Waals surface area (Å²) in [5.74, 6) is 0.328. The average Bonchev–Trinajstić information content (AvgIpc) is 3.10. The van der Waals surface area contributed by atoms with Crippen molar-refractivity contribution in [1.29, 1.82) is 0 Å². The lowest BCUT2D eigenvalue weighted by atomic mass is 9.96. The maximum atomic E-state index is 13.7. The molecule has 4 aromatic carbocycles. The van der Waals surface area contributed by atoms with Gasteiger partial charge in [0.15, 0.2) is 5.11 Å². The summed E-state index contributed by atoms with van der Waals surface area (Å²) in [6, 6.07) is 35.4. The zero-order valence-corrected chi connectivity index (χ0v) is 27.2. The molecular formula is C38H42N4O3S. The Hall–Kier alpha value is -4.53. The van der Waals surface area contributed by atoms with Crippen molar-refractivity contribution in [3.63, 3.8) is 0 Å². The molecule has 4 aromatic rings. The monoisotopic (exact) mass is 634 g/mol. The van der Waals surface area contributed by atoms with Gasteiger partial charge in [0.05, 0.1) is 23.9 Å². The standard InChI is InChI=1S/C38H42N4O3S/c1-2-3-4-13-28-45-32-22-20-31(21-23-32)36(43)40-38(46)39-34-19-12-11-18-33(34)37(44)42-26-24-41(25-27-42)35(29-14-7-5-8-15-29)30-16-9-6-10-17-30/h5-12,14-23,35H,2-4,13,24-28H2,1H3,(H2,39,40,43,46). The van der Waals surface area contributed by atoms with Crippen LogP contribution in [0.2, 0.25) is 0 Å². The summed E-state index contributed by atoms with van der Waals surface area (Å²) in [4.78, 5) is 31.0. The molecule has 1 saturated heterocycles. The molecule has 1 aliphatic heterocycles. The number of rotatable bonds is 12. The molecule has 0 spiro atoms. The van der Waals surface area contributed by atoms with Gasteiger partial charge in [0.2, 0.25) is 0 Å². The number of thiocarbonyl (C=S) groups is 1. The highest BCUT2D eigenvalue weighted by atomic mass is 32.1. The summed E-state index contributed by atoms with van der Waals surface area (Å²) < 4.78 is 5.78. The lowest BCUT2D eigenvalue weighted by molar-refractivity contribution is 0.0598. The van der Waals surface area contributed by atoms with Gasteiger partial charge in [0, 0.05) is 31.7 Å². The van der Waals surface area contributed by atoms with E-state index in [-0.39, 0.29) is 23.0 Å². The number of hydrogen-bond donors (Lipinski definition) is 2. The highest BCUT2D eigenvalue weighted by molar-refractivity contribution is 7.80. The van der Waals surface area contributed by atoms with Crippen LogP contribution in [-0.2, 0) is 0 Å². The fourth-order valence-corrected chi connectivity index (χ4v) is 5.97. The maximum absolute atomic E-state index is 13.7. The second kappa shape index (κ2) is 16.7. The number of nitrogens with one attached hydrogen (secondary N) is 2. The van der Waals surface area contributed by atoms with E-state index in [0.29, 0.717) is 36.5 Å². The number of hydrogen-bond acceptors (Lipinski definition) is 5. The van der Waals surface area contributed by atoms with Crippen LogP contribution in [0.5, 0.6) is 5.75 Å². The van der Waals surface area contributed by atoms with Crippen LogP contribution < -0.4 is 15.4 Å². The number of carbonyl (C=O) groups is 2. The molecular weight excluding hydrogens is 593 g/mol. The van der Waals surface area contributed by atoms with Gasteiger partial charge in [0.1, 0.15) is 5.75 Å². The van der Waals surface area contributed by atoms with Crippen LogP contribution in [0.3, 0.4) is 0 Å². The van der Waals surface area contributed by atoms with Crippen LogP contribution in [0.15, 0.2) is 109 Å². The molecule has 46 heavy (non-hydrogen) atoms. The maximum Gasteiger partial charge on any atom is 0.257 e. The van der Waals surface area contributed by atoms with E-state index >= 15 is 0 Å². The number of carbonyl (C=O) groups excluding carboxylic acids is 2. The number of amides is 2. The molecule has 0 unspecified atom stereocenters. The lowest BCUT2D eigenvalue weighted by Gasteiger charge is -2.40. The molecule has 0 radical (unpaired) electrons. The highest BCUT2D eigenvalue weighted by Crippen LogP contribution is 2.30. The fraction of sp³-hybridized carbons (Fsp3) is 0.289. The average molecular weight is 635 g/mol. The summed E-state index contributed by atoms with van der Waals surface area (Å²) in [6.07, 6.45) is 4.55. The Kier molecular flexibility index (Phi) is 11.9. The van der Waals surface area contributed by atoms with E-state index in [0.717, 1.165) is 31.7 Å². The molecule has 1 heterocycles. The van der Waals surface area contributed by atoms with E-state index in [2.05, 4.69) is 71.0 Å². The third-order valence-corrected chi connectivity index (χ3v) is 8.42. The number of nitrogens with zero attached hydrogens (tertiary/aromatic N) is 2. The third kappa shape index (κ3) is 8.80. The Morgan fingerprint density at radius 2 is 1.37 bits per heavy atom. The molecule has 1 aliphatic rings. The summed E-state index contributed by atoms with van der Waals surface area (Å²) in [6.45, 7) is 5.53. The van der Waals surface area contributed by atoms with E-state index in [4.69, 9.17) is 17.0 Å². The van der Waals surface area contributed by atoms with Gasteiger partial charge >= 0.3 is 0 Å². The summed E-state index contributed by atoms with van der Waals surface area (Å²) >= 11 is 5.47. The molecule has 0 atom stereocenters. The molecule has 5 rings (SSSR count). The first-order valence-corrected chi connectivity index (χ1v) is 16.5. The molecule has 0 saturated carbocycles. The highest BCUT2D eigenvalue weighted by Gasteiger charge is 2.29. The summed E-state index contributed by atoms with van der Waals surface area (Å²) in [7, 11) is 0. The first kappa shape index (κ1) is 32.9. The number of anilines is 1. The van der Waals surface area contributed by atoms with E-state index in [1.807, 2.05) is 29.2 Å². The topological polar surface area (TPSA) is 73.9 Å². The van der Waals surface area contributed by atoms with Crippen molar-refractivity contribution in [2.24, 2.45) is 0 Å². The fourth-order valence-electron chi connectivity index (χ4n) is 5.77. The molecule has 0 bridgehead atoms. The molecule has 8 heteroatoms. The van der Waals surface area contributed by atoms with Gasteiger partial charge in [-0.05, 0) is 66.2 Å². The van der Waals surface area contributed by atoms with Crippen LogP contribution in [0.4, 0.5) is 5.69 Å². The second-order valence-electron chi connectivity index (χ2n) is 11.4. The minimum atomic E-state index is -0.335. The smallest absolute Gasteiger partial charge is 0.257 e. The van der Waals surface area contributed by atoms with Crippen molar-refractivity contribution in [3.05, 3.63) is 131 Å². The Morgan fingerprint density at radius 1 is 0.761 bits per heavy atom. The van der Waals surface area contributed by atoms with Gasteiger partial charge < -0.3 is 15.0 Å². The Labute approximate surface area is 277 Å². The molecule has 2 amide bonds. The minimum absolute atomic E-state index is 0.0712. The first-order chi connectivity index (χ1) is 22.5. The van der Waals surface area contributed by atoms with E-state index in [9.17, 15) is 9.59 Å². The van der Waals surface area contributed by atoms with E-state index in [1.165, 1.54) is 24.0 Å². The van der Waals surface area contributed by atoms with Crippen molar-refractivity contribution in [2.45, 2.75) is 38.6 Å². The van der Waals surface area contributed by atoms with Gasteiger partial charge in [0.25, 0.3) is 11.8 Å². The van der Waals surface area contributed by atoms with Crippen molar-refractivity contribution < 1.29 is 14.3 Å². The Balaban J connectivity index is 1.17. The van der Waals surface area contributed by atoms with Crippen LogP contribution in [0.1, 0.15) is 70.5 Å².